The van der Waals surface area contributed by atoms with Crippen LogP contribution in [0.3, 0.4) is 0 Å². The molecule has 0 spiro atoms. The summed E-state index contributed by atoms with van der Waals surface area (Å²) in [6, 6.07) is 0. The van der Waals surface area contributed by atoms with Crippen LogP contribution in [0.2, 0.25) is 0 Å². The summed E-state index contributed by atoms with van der Waals surface area (Å²) >= 11 is 0. The van der Waals surface area contributed by atoms with E-state index in [4.69, 9.17) is 23.4 Å². The first-order chi connectivity index (χ1) is 10.3. The summed E-state index contributed by atoms with van der Waals surface area (Å²) in [5, 5.41) is 0. The van der Waals surface area contributed by atoms with E-state index in [-0.39, 0.29) is 0 Å². The first-order valence-corrected chi connectivity index (χ1v) is 7.42. The minimum Gasteiger partial charge on any atom is -0.473 e. The van der Waals surface area contributed by atoms with Gasteiger partial charge in [-0.1, -0.05) is 12.2 Å². The molecule has 0 radical (unpaired) electrons. The second kappa shape index (κ2) is 8.47. The van der Waals surface area contributed by atoms with E-state index in [2.05, 4.69) is 41.0 Å². The van der Waals surface area contributed by atoms with Gasteiger partial charge < -0.3 is 4.74 Å². The third-order valence-electron chi connectivity index (χ3n) is 2.56. The maximum Gasteiger partial charge on any atom is 0.199 e. The van der Waals surface area contributed by atoms with Gasteiger partial charge in [-0.25, -0.2) is 23.2 Å². The van der Waals surface area contributed by atoms with Crippen molar-refractivity contribution in [2.24, 2.45) is 0 Å². The Kier molecular flexibility index (Phi) is 6.97. The molecular weight excluding hydrogens is 310 g/mol. The molecule has 2 rings (SSSR count). The maximum atomic E-state index is 8.49. The summed E-state index contributed by atoms with van der Waals surface area (Å²) in [5.74, 6) is 0. The predicted molar refractivity (Wildman–Crippen MR) is 70.9 cm³/mol. The Morgan fingerprint density at radius 2 is 1.23 bits per heavy atom. The van der Waals surface area contributed by atoms with E-state index >= 15 is 0 Å². The lowest BCUT2D eigenvalue weighted by Gasteiger charge is -2.17. The summed E-state index contributed by atoms with van der Waals surface area (Å²) in [6.07, 6.45) is 19.8. The van der Waals surface area contributed by atoms with Crippen molar-refractivity contribution in [2.75, 3.05) is 14.1 Å². The highest BCUT2D eigenvalue weighted by molar-refractivity contribution is 6.02. The lowest BCUT2D eigenvalue weighted by molar-refractivity contribution is -2.00. The van der Waals surface area contributed by atoms with Gasteiger partial charge in [0.05, 0.1) is 12.5 Å². The summed E-state index contributed by atoms with van der Waals surface area (Å²) in [4.78, 5) is 0. The van der Waals surface area contributed by atoms with E-state index in [0.717, 1.165) is 5.57 Å². The van der Waals surface area contributed by atoms with Gasteiger partial charge in [-0.2, -0.15) is 0 Å². The van der Waals surface area contributed by atoms with E-state index < -0.39 is 10.2 Å². The zero-order valence-corrected chi connectivity index (χ0v) is 12.9. The minimum atomic E-state index is -4.94. The zero-order valence-electron chi connectivity index (χ0n) is 12.1. The molecule has 1 aliphatic carbocycles. The fourth-order valence-electron chi connectivity index (χ4n) is 1.52. The first-order valence-electron chi connectivity index (χ1n) is 6.18. The third-order valence-corrected chi connectivity index (χ3v) is 2.56. The Morgan fingerprint density at radius 1 is 0.818 bits per heavy atom. The average molecular weight is 326 g/mol. The maximum absolute atomic E-state index is 8.49. The minimum absolute atomic E-state index is 1.13. The molecule has 1 aliphatic heterocycles. The fraction of sp³-hybridized carbons (Fsp3) is 0.133. The standard InChI is InChI=1S/C15H16NO.ClHO4/c1-16(2)15-7-5-13(6-8-15)3-4-14-9-11-17-12-10-14;2-1(3,4)5/h3-12H,1-2H3;(H,2,3,4,5)/q+1;/p-1. The van der Waals surface area contributed by atoms with Crippen molar-refractivity contribution >= 4 is 5.71 Å². The normalized spacial score (nSPS) is 16.0. The molecule has 0 saturated carbocycles. The SMILES string of the molecule is C[N+](C)=C1C=CC(=CC=C2C=COC=C2)C=C1.[O-][Cl+3]([O-])([O-])[O-]. The molecule has 0 unspecified atom stereocenters. The number of hydrogen-bond donors (Lipinski definition) is 0. The number of ether oxygens (including phenoxy) is 1. The Morgan fingerprint density at radius 3 is 1.64 bits per heavy atom. The highest BCUT2D eigenvalue weighted by Crippen LogP contribution is 2.10. The molecule has 0 N–H and O–H groups in total. The smallest absolute Gasteiger partial charge is 0.199 e. The van der Waals surface area contributed by atoms with Crippen molar-refractivity contribution in [1.82, 2.24) is 0 Å². The van der Waals surface area contributed by atoms with Crippen molar-refractivity contribution in [3.8, 4) is 0 Å². The average Bonchev–Trinajstić information content (AvgIpc) is 2.45. The first kappa shape index (κ1) is 18.1. The van der Waals surface area contributed by atoms with Gasteiger partial charge >= 0.3 is 0 Å². The second-order valence-electron chi connectivity index (χ2n) is 4.44. The molecule has 0 amide bonds. The molecule has 0 fully saturated rings. The number of rotatable bonds is 1. The van der Waals surface area contributed by atoms with Crippen molar-refractivity contribution in [1.29, 1.82) is 0 Å². The number of nitrogens with zero attached hydrogens (tertiary/aromatic N) is 1. The molecule has 1 heterocycles. The van der Waals surface area contributed by atoms with Crippen LogP contribution in [-0.4, -0.2) is 24.4 Å². The topological polar surface area (TPSA) is 104 Å². The molecule has 22 heavy (non-hydrogen) atoms. The van der Waals surface area contributed by atoms with Crippen LogP contribution < -0.4 is 18.6 Å². The van der Waals surface area contributed by atoms with E-state index in [1.165, 1.54) is 11.3 Å². The molecule has 0 aromatic rings. The van der Waals surface area contributed by atoms with Gasteiger partial charge in [0.1, 0.15) is 14.1 Å². The second-order valence-corrected chi connectivity index (χ2v) is 5.19. The van der Waals surface area contributed by atoms with Gasteiger partial charge in [-0.05, 0) is 35.5 Å². The summed E-state index contributed by atoms with van der Waals surface area (Å²) in [7, 11) is -0.864. The van der Waals surface area contributed by atoms with Crippen LogP contribution in [0.25, 0.3) is 0 Å². The molecule has 0 bridgehead atoms. The van der Waals surface area contributed by atoms with E-state index in [9.17, 15) is 0 Å². The number of halogens is 1. The van der Waals surface area contributed by atoms with Gasteiger partial charge in [0, 0.05) is 12.2 Å². The molecule has 0 aromatic carbocycles. The van der Waals surface area contributed by atoms with Crippen LogP contribution in [-0.2, 0) is 4.74 Å². The quantitative estimate of drug-likeness (QED) is 0.518. The van der Waals surface area contributed by atoms with Crippen LogP contribution >= 0.6 is 0 Å². The molecule has 0 atom stereocenters. The van der Waals surface area contributed by atoms with Gasteiger partial charge in [0.25, 0.3) is 0 Å². The number of allylic oxidation sites excluding steroid dienone is 10. The van der Waals surface area contributed by atoms with Crippen LogP contribution in [0.4, 0.5) is 0 Å². The van der Waals surface area contributed by atoms with Gasteiger partial charge in [-0.3, -0.25) is 0 Å². The zero-order chi connectivity index (χ0) is 16.6. The lowest BCUT2D eigenvalue weighted by Crippen LogP contribution is -2.68. The Bertz CT molecular complexity index is 562. The molecule has 0 aromatic heterocycles. The van der Waals surface area contributed by atoms with Gasteiger partial charge in [-0.15, -0.1) is 10.2 Å². The summed E-state index contributed by atoms with van der Waals surface area (Å²) in [5.41, 5.74) is 3.53. The van der Waals surface area contributed by atoms with E-state index in [1.54, 1.807) is 12.5 Å². The fourth-order valence-corrected chi connectivity index (χ4v) is 1.52. The number of hydrogen-bond acceptors (Lipinski definition) is 5. The molecule has 2 aliphatic rings. The van der Waals surface area contributed by atoms with Crippen molar-refractivity contribution < 1.29 is 38.2 Å². The van der Waals surface area contributed by atoms with Crippen LogP contribution in [0.5, 0.6) is 0 Å². The van der Waals surface area contributed by atoms with Crippen LogP contribution in [0.1, 0.15) is 0 Å². The molecule has 118 valence electrons. The Hall–Kier alpha value is -1.96. The Labute approximate surface area is 131 Å². The highest BCUT2D eigenvalue weighted by atomic mass is 35.7. The molecule has 6 nitrogen and oxygen atoms in total. The molecule has 7 heteroatoms. The largest absolute Gasteiger partial charge is 0.473 e. The van der Waals surface area contributed by atoms with Crippen LogP contribution in [0, 0.1) is 10.2 Å². The lowest BCUT2D eigenvalue weighted by atomic mass is 10.1. The molecule has 0 saturated heterocycles. The molecular formula is C15H16ClNO5. The van der Waals surface area contributed by atoms with Crippen LogP contribution in [0.15, 0.2) is 72.3 Å². The van der Waals surface area contributed by atoms with Crippen molar-refractivity contribution in [2.45, 2.75) is 0 Å². The van der Waals surface area contributed by atoms with E-state index in [1.807, 2.05) is 26.2 Å². The van der Waals surface area contributed by atoms with Crippen molar-refractivity contribution in [3.05, 3.63) is 72.3 Å². The summed E-state index contributed by atoms with van der Waals surface area (Å²) in [6.45, 7) is 0. The van der Waals surface area contributed by atoms with Crippen molar-refractivity contribution in [3.63, 3.8) is 0 Å². The van der Waals surface area contributed by atoms with E-state index in [0.29, 0.717) is 0 Å². The predicted octanol–water partition coefficient (Wildman–Crippen LogP) is -2.02. The van der Waals surface area contributed by atoms with Gasteiger partial charge in [0.2, 0.25) is 0 Å². The van der Waals surface area contributed by atoms with Gasteiger partial charge in [0.15, 0.2) is 5.71 Å². The Balaban J connectivity index is 0.000000422. The monoisotopic (exact) mass is 325 g/mol. The highest BCUT2D eigenvalue weighted by Gasteiger charge is 2.03. The third kappa shape index (κ3) is 8.35. The summed E-state index contributed by atoms with van der Waals surface area (Å²) < 4.78 is 41.0.